The molecule has 4 rings (SSSR count). The first-order valence-electron chi connectivity index (χ1n) is 9.83. The lowest BCUT2D eigenvalue weighted by molar-refractivity contribution is -0.113. The van der Waals surface area contributed by atoms with Gasteiger partial charge in [-0.3, -0.25) is 9.59 Å². The molecule has 8 heteroatoms. The summed E-state index contributed by atoms with van der Waals surface area (Å²) in [7, 11) is 1.94. The summed E-state index contributed by atoms with van der Waals surface area (Å²) in [5.41, 5.74) is 1.04. The molecule has 2 aromatic rings. The first-order chi connectivity index (χ1) is 13.6. The highest BCUT2D eigenvalue weighted by Crippen LogP contribution is 2.39. The number of carbonyl (C=O) groups is 2. The van der Waals surface area contributed by atoms with E-state index >= 15 is 0 Å². The van der Waals surface area contributed by atoms with Crippen LogP contribution in [0.15, 0.2) is 29.4 Å². The summed E-state index contributed by atoms with van der Waals surface area (Å²) in [6, 6.07) is 7.38. The van der Waals surface area contributed by atoms with Gasteiger partial charge in [-0.05, 0) is 37.8 Å². The van der Waals surface area contributed by atoms with Gasteiger partial charge in [-0.2, -0.15) is 0 Å². The number of nitrogens with zero attached hydrogens (tertiary/aromatic N) is 3. The van der Waals surface area contributed by atoms with E-state index in [0.29, 0.717) is 17.2 Å². The van der Waals surface area contributed by atoms with E-state index in [0.717, 1.165) is 49.5 Å². The molecule has 2 saturated carbocycles. The summed E-state index contributed by atoms with van der Waals surface area (Å²) in [6.07, 6.45) is 6.69. The molecule has 2 N–H and O–H groups in total. The van der Waals surface area contributed by atoms with E-state index in [-0.39, 0.29) is 23.6 Å². The molecule has 2 fully saturated rings. The van der Waals surface area contributed by atoms with Crippen LogP contribution in [0, 0.1) is 0 Å². The van der Waals surface area contributed by atoms with Gasteiger partial charge in [0.05, 0.1) is 17.0 Å². The molecule has 2 aliphatic carbocycles. The van der Waals surface area contributed by atoms with Crippen LogP contribution >= 0.6 is 11.8 Å². The molecule has 0 saturated heterocycles. The quantitative estimate of drug-likeness (QED) is 0.699. The second-order valence-electron chi connectivity index (χ2n) is 7.51. The minimum absolute atomic E-state index is 0.127. The molecule has 1 aromatic heterocycles. The van der Waals surface area contributed by atoms with Crippen LogP contribution in [-0.2, 0) is 11.8 Å². The van der Waals surface area contributed by atoms with E-state index in [1.165, 1.54) is 11.8 Å². The summed E-state index contributed by atoms with van der Waals surface area (Å²) in [4.78, 5) is 25.1. The highest BCUT2D eigenvalue weighted by Gasteiger charge is 2.29. The van der Waals surface area contributed by atoms with Gasteiger partial charge >= 0.3 is 0 Å². The molecule has 148 valence electrons. The average Bonchev–Trinajstić information content (AvgIpc) is 3.27. The van der Waals surface area contributed by atoms with E-state index in [1.807, 2.05) is 23.7 Å². The molecule has 0 unspecified atom stereocenters. The predicted octanol–water partition coefficient (Wildman–Crippen LogP) is 3.10. The Labute approximate surface area is 168 Å². The third kappa shape index (κ3) is 4.38. The second-order valence-corrected chi connectivity index (χ2v) is 8.45. The molecular weight excluding hydrogens is 374 g/mol. The fourth-order valence-corrected chi connectivity index (χ4v) is 4.31. The van der Waals surface area contributed by atoms with E-state index < -0.39 is 0 Å². The molecule has 0 atom stereocenters. The largest absolute Gasteiger partial charge is 0.349 e. The molecule has 0 bridgehead atoms. The summed E-state index contributed by atoms with van der Waals surface area (Å²) in [5, 5.41) is 15.1. The van der Waals surface area contributed by atoms with Crippen LogP contribution in [0.3, 0.4) is 0 Å². The molecule has 0 spiro atoms. The number of anilines is 1. The smallest absolute Gasteiger partial charge is 0.253 e. The molecule has 2 amide bonds. The zero-order chi connectivity index (χ0) is 19.5. The van der Waals surface area contributed by atoms with Gasteiger partial charge in [0.1, 0.15) is 5.82 Å². The third-order valence-corrected chi connectivity index (χ3v) is 6.30. The highest BCUT2D eigenvalue weighted by molar-refractivity contribution is 7.99. The number of para-hydroxylation sites is 1. The highest BCUT2D eigenvalue weighted by atomic mass is 32.2. The Morgan fingerprint density at radius 2 is 1.89 bits per heavy atom. The van der Waals surface area contributed by atoms with Crippen LogP contribution in [0.25, 0.3) is 0 Å². The molecule has 0 radical (unpaired) electrons. The SMILES string of the molecule is Cn1c(SCC(=O)Nc2ccccc2C(=O)NC2CCCC2)nnc1C1CC1. The van der Waals surface area contributed by atoms with Crippen molar-refractivity contribution in [1.29, 1.82) is 0 Å². The topological polar surface area (TPSA) is 88.9 Å². The van der Waals surface area contributed by atoms with Crippen LogP contribution in [0.4, 0.5) is 5.69 Å². The average molecular weight is 400 g/mol. The maximum atomic E-state index is 12.6. The van der Waals surface area contributed by atoms with Crippen molar-refractivity contribution in [3.05, 3.63) is 35.7 Å². The zero-order valence-corrected chi connectivity index (χ0v) is 16.8. The maximum Gasteiger partial charge on any atom is 0.253 e. The normalized spacial score (nSPS) is 16.9. The summed E-state index contributed by atoms with van der Waals surface area (Å²) < 4.78 is 1.97. The van der Waals surface area contributed by atoms with E-state index in [4.69, 9.17) is 0 Å². The Morgan fingerprint density at radius 3 is 2.64 bits per heavy atom. The number of aromatic nitrogens is 3. The zero-order valence-electron chi connectivity index (χ0n) is 16.0. The van der Waals surface area contributed by atoms with Crippen molar-refractivity contribution >= 4 is 29.3 Å². The molecule has 0 aliphatic heterocycles. The summed E-state index contributed by atoms with van der Waals surface area (Å²) in [5.74, 6) is 1.44. The van der Waals surface area contributed by atoms with Crippen LogP contribution in [0.5, 0.6) is 0 Å². The fourth-order valence-electron chi connectivity index (χ4n) is 3.59. The van der Waals surface area contributed by atoms with E-state index in [2.05, 4.69) is 20.8 Å². The van der Waals surface area contributed by atoms with E-state index in [9.17, 15) is 9.59 Å². The van der Waals surface area contributed by atoms with Gasteiger partial charge < -0.3 is 15.2 Å². The van der Waals surface area contributed by atoms with Crippen molar-refractivity contribution in [1.82, 2.24) is 20.1 Å². The number of carbonyl (C=O) groups excluding carboxylic acids is 2. The molecule has 1 heterocycles. The van der Waals surface area contributed by atoms with Crippen molar-refractivity contribution in [2.24, 2.45) is 7.05 Å². The fraction of sp³-hybridized carbons (Fsp3) is 0.500. The number of amides is 2. The number of thioether (sulfide) groups is 1. The van der Waals surface area contributed by atoms with Crippen LogP contribution in [0.2, 0.25) is 0 Å². The van der Waals surface area contributed by atoms with Gasteiger partial charge in [0.2, 0.25) is 5.91 Å². The van der Waals surface area contributed by atoms with Crippen molar-refractivity contribution < 1.29 is 9.59 Å². The molecule has 7 nitrogen and oxygen atoms in total. The lowest BCUT2D eigenvalue weighted by Crippen LogP contribution is -2.33. The molecule has 1 aromatic carbocycles. The van der Waals surface area contributed by atoms with Crippen LogP contribution in [-0.4, -0.2) is 38.4 Å². The number of hydrogen-bond acceptors (Lipinski definition) is 5. The Balaban J connectivity index is 1.35. The lowest BCUT2D eigenvalue weighted by atomic mass is 10.1. The Kier molecular flexibility index (Phi) is 5.66. The van der Waals surface area contributed by atoms with Gasteiger partial charge in [0.15, 0.2) is 5.16 Å². The number of nitrogens with one attached hydrogen (secondary N) is 2. The van der Waals surface area contributed by atoms with Gasteiger partial charge in [-0.25, -0.2) is 0 Å². The van der Waals surface area contributed by atoms with Crippen molar-refractivity contribution in [2.45, 2.75) is 55.6 Å². The van der Waals surface area contributed by atoms with Crippen molar-refractivity contribution in [2.75, 3.05) is 11.1 Å². The Hall–Kier alpha value is -2.35. The van der Waals surface area contributed by atoms with Crippen molar-refractivity contribution in [3.63, 3.8) is 0 Å². The predicted molar refractivity (Wildman–Crippen MR) is 108 cm³/mol. The lowest BCUT2D eigenvalue weighted by Gasteiger charge is -2.15. The first-order valence-corrected chi connectivity index (χ1v) is 10.8. The minimum atomic E-state index is -0.165. The summed E-state index contributed by atoms with van der Waals surface area (Å²) in [6.45, 7) is 0. The van der Waals surface area contributed by atoms with Gasteiger partial charge in [0, 0.05) is 19.0 Å². The third-order valence-electron chi connectivity index (χ3n) is 5.28. The monoisotopic (exact) mass is 399 g/mol. The van der Waals surface area contributed by atoms with Crippen LogP contribution < -0.4 is 10.6 Å². The summed E-state index contributed by atoms with van der Waals surface area (Å²) >= 11 is 1.36. The number of rotatable bonds is 7. The van der Waals surface area contributed by atoms with Crippen LogP contribution in [0.1, 0.15) is 60.6 Å². The Bertz CT molecular complexity index is 871. The number of benzene rings is 1. The van der Waals surface area contributed by atoms with Crippen molar-refractivity contribution in [3.8, 4) is 0 Å². The molecule has 2 aliphatic rings. The maximum absolute atomic E-state index is 12.6. The Morgan fingerprint density at radius 1 is 1.14 bits per heavy atom. The minimum Gasteiger partial charge on any atom is -0.349 e. The van der Waals surface area contributed by atoms with Gasteiger partial charge in [-0.1, -0.05) is 36.7 Å². The standard InChI is InChI=1S/C20H25N5O2S/c1-25-18(13-10-11-13)23-24-20(25)28-12-17(26)22-16-9-5-4-8-15(16)19(27)21-14-6-2-3-7-14/h4-5,8-9,13-14H,2-3,6-7,10-12H2,1H3,(H,21,27)(H,22,26). The first kappa shape index (κ1) is 19.0. The van der Waals surface area contributed by atoms with E-state index in [1.54, 1.807) is 12.1 Å². The number of hydrogen-bond donors (Lipinski definition) is 2. The van der Waals surface area contributed by atoms with Gasteiger partial charge in [0.25, 0.3) is 5.91 Å². The molecule has 28 heavy (non-hydrogen) atoms. The second kappa shape index (κ2) is 8.34. The van der Waals surface area contributed by atoms with Gasteiger partial charge in [-0.15, -0.1) is 10.2 Å². The molecular formula is C20H25N5O2S.